The van der Waals surface area contributed by atoms with Gasteiger partial charge in [0.1, 0.15) is 6.33 Å². The molecule has 1 rings (SSSR count). The first kappa shape index (κ1) is 12.5. The minimum absolute atomic E-state index is 0.274. The highest BCUT2D eigenvalue weighted by Crippen LogP contribution is 2.26. The van der Waals surface area contributed by atoms with Gasteiger partial charge in [0.25, 0.3) is 0 Å². The molecule has 0 spiro atoms. The van der Waals surface area contributed by atoms with Gasteiger partial charge in [0, 0.05) is 6.54 Å². The molecule has 0 radical (unpaired) electrons. The van der Waals surface area contributed by atoms with E-state index in [2.05, 4.69) is 15.3 Å². The van der Waals surface area contributed by atoms with E-state index in [9.17, 15) is 5.11 Å². The standard InChI is InChI=1S/C10H18N4O2/c1-4-10(2,15)5-12-9-7(16-3)8(11)13-6-14-9/h6,15H,4-5H2,1-3H3,(H3,11,12,13,14). The predicted octanol–water partition coefficient (Wildman–Crippen LogP) is 0.640. The molecule has 0 aromatic carbocycles. The van der Waals surface area contributed by atoms with Crippen LogP contribution < -0.4 is 15.8 Å². The molecule has 0 saturated heterocycles. The van der Waals surface area contributed by atoms with Gasteiger partial charge in [0.05, 0.1) is 12.7 Å². The average Bonchev–Trinajstić information content (AvgIpc) is 2.26. The molecule has 6 heteroatoms. The Hall–Kier alpha value is -1.56. The second-order valence-corrected chi connectivity index (χ2v) is 3.84. The van der Waals surface area contributed by atoms with E-state index in [1.54, 1.807) is 6.92 Å². The van der Waals surface area contributed by atoms with Crippen molar-refractivity contribution in [2.24, 2.45) is 0 Å². The Morgan fingerprint density at radius 2 is 2.25 bits per heavy atom. The monoisotopic (exact) mass is 226 g/mol. The quantitative estimate of drug-likeness (QED) is 0.682. The Morgan fingerprint density at radius 1 is 1.56 bits per heavy atom. The summed E-state index contributed by atoms with van der Waals surface area (Å²) in [4.78, 5) is 7.82. The maximum absolute atomic E-state index is 9.84. The number of nitrogens with two attached hydrogens (primary N) is 1. The Morgan fingerprint density at radius 3 is 2.81 bits per heavy atom. The van der Waals surface area contributed by atoms with Crippen molar-refractivity contribution >= 4 is 11.6 Å². The molecule has 0 fully saturated rings. The molecular weight excluding hydrogens is 208 g/mol. The Kier molecular flexibility index (Phi) is 3.89. The number of nitrogens with zero attached hydrogens (tertiary/aromatic N) is 2. The van der Waals surface area contributed by atoms with Crippen LogP contribution in [0, 0.1) is 0 Å². The van der Waals surface area contributed by atoms with Crippen molar-refractivity contribution in [3.8, 4) is 5.75 Å². The first-order valence-electron chi connectivity index (χ1n) is 5.11. The van der Waals surface area contributed by atoms with Gasteiger partial charge in [-0.1, -0.05) is 6.92 Å². The molecule has 1 atom stereocenters. The van der Waals surface area contributed by atoms with Crippen molar-refractivity contribution in [1.29, 1.82) is 0 Å². The number of rotatable bonds is 5. The normalized spacial score (nSPS) is 14.2. The number of nitrogens with one attached hydrogen (secondary N) is 1. The largest absolute Gasteiger partial charge is 0.490 e. The van der Waals surface area contributed by atoms with Gasteiger partial charge in [-0.25, -0.2) is 9.97 Å². The first-order chi connectivity index (χ1) is 7.50. The van der Waals surface area contributed by atoms with Gasteiger partial charge in [-0.15, -0.1) is 0 Å². The third kappa shape index (κ3) is 2.96. The van der Waals surface area contributed by atoms with Crippen LogP contribution in [0.4, 0.5) is 11.6 Å². The zero-order valence-electron chi connectivity index (χ0n) is 9.82. The van der Waals surface area contributed by atoms with Crippen LogP contribution in [0.3, 0.4) is 0 Å². The summed E-state index contributed by atoms with van der Waals surface area (Å²) in [6, 6.07) is 0. The molecule has 4 N–H and O–H groups in total. The van der Waals surface area contributed by atoms with Gasteiger partial charge in [-0.05, 0) is 13.3 Å². The molecule has 0 aliphatic rings. The van der Waals surface area contributed by atoms with Crippen LogP contribution in [0.1, 0.15) is 20.3 Å². The van der Waals surface area contributed by atoms with Crippen LogP contribution in [0.15, 0.2) is 6.33 Å². The Bertz CT molecular complexity index is 355. The minimum atomic E-state index is -0.787. The highest BCUT2D eigenvalue weighted by atomic mass is 16.5. The summed E-state index contributed by atoms with van der Waals surface area (Å²) in [5.74, 6) is 1.16. The van der Waals surface area contributed by atoms with E-state index in [1.165, 1.54) is 13.4 Å². The zero-order chi connectivity index (χ0) is 12.2. The fraction of sp³-hybridized carbons (Fsp3) is 0.600. The van der Waals surface area contributed by atoms with Crippen LogP contribution in [0.25, 0.3) is 0 Å². The van der Waals surface area contributed by atoms with Crippen molar-refractivity contribution in [1.82, 2.24) is 9.97 Å². The molecule has 6 nitrogen and oxygen atoms in total. The molecule has 1 aromatic rings. The number of hydrogen-bond acceptors (Lipinski definition) is 6. The van der Waals surface area contributed by atoms with Crippen molar-refractivity contribution in [2.75, 3.05) is 24.7 Å². The third-order valence-corrected chi connectivity index (χ3v) is 2.43. The maximum atomic E-state index is 9.84. The lowest BCUT2D eigenvalue weighted by molar-refractivity contribution is 0.0696. The summed E-state index contributed by atoms with van der Waals surface area (Å²) in [6.45, 7) is 4.03. The van der Waals surface area contributed by atoms with E-state index in [4.69, 9.17) is 10.5 Å². The molecule has 0 amide bonds. The number of anilines is 2. The van der Waals surface area contributed by atoms with Crippen LogP contribution in [-0.4, -0.2) is 34.3 Å². The highest BCUT2D eigenvalue weighted by molar-refractivity contribution is 5.61. The Labute approximate surface area is 94.9 Å². The smallest absolute Gasteiger partial charge is 0.203 e. The summed E-state index contributed by atoms with van der Waals surface area (Å²) in [5, 5.41) is 12.8. The van der Waals surface area contributed by atoms with E-state index in [0.29, 0.717) is 24.5 Å². The number of aromatic nitrogens is 2. The van der Waals surface area contributed by atoms with E-state index in [-0.39, 0.29) is 5.82 Å². The fourth-order valence-electron chi connectivity index (χ4n) is 1.11. The maximum Gasteiger partial charge on any atom is 0.203 e. The third-order valence-electron chi connectivity index (χ3n) is 2.43. The SMILES string of the molecule is CCC(C)(O)CNc1ncnc(N)c1OC. The minimum Gasteiger partial charge on any atom is -0.490 e. The number of aliphatic hydroxyl groups is 1. The topological polar surface area (TPSA) is 93.3 Å². The van der Waals surface area contributed by atoms with Crippen LogP contribution in [0.5, 0.6) is 5.75 Å². The average molecular weight is 226 g/mol. The molecule has 1 aromatic heterocycles. The summed E-state index contributed by atoms with van der Waals surface area (Å²) >= 11 is 0. The van der Waals surface area contributed by atoms with Gasteiger partial charge in [-0.3, -0.25) is 0 Å². The van der Waals surface area contributed by atoms with Crippen LogP contribution in [0.2, 0.25) is 0 Å². The fourth-order valence-corrected chi connectivity index (χ4v) is 1.11. The molecular formula is C10H18N4O2. The molecule has 0 bridgehead atoms. The summed E-state index contributed by atoms with van der Waals surface area (Å²) in [6.07, 6.45) is 1.99. The number of ether oxygens (including phenoxy) is 1. The van der Waals surface area contributed by atoms with Gasteiger partial charge in [-0.2, -0.15) is 0 Å². The number of methoxy groups -OCH3 is 1. The first-order valence-corrected chi connectivity index (χ1v) is 5.11. The van der Waals surface area contributed by atoms with Gasteiger partial charge >= 0.3 is 0 Å². The van der Waals surface area contributed by atoms with Crippen LogP contribution in [-0.2, 0) is 0 Å². The summed E-state index contributed by atoms with van der Waals surface area (Å²) in [7, 11) is 1.50. The van der Waals surface area contributed by atoms with Crippen molar-refractivity contribution in [3.63, 3.8) is 0 Å². The molecule has 0 aliphatic heterocycles. The van der Waals surface area contributed by atoms with Gasteiger partial charge in [0.15, 0.2) is 11.6 Å². The molecule has 1 unspecified atom stereocenters. The summed E-state index contributed by atoms with van der Waals surface area (Å²) < 4.78 is 5.08. The second kappa shape index (κ2) is 4.98. The number of nitrogen functional groups attached to an aromatic ring is 1. The van der Waals surface area contributed by atoms with Crippen molar-refractivity contribution in [2.45, 2.75) is 25.9 Å². The lowest BCUT2D eigenvalue weighted by Crippen LogP contribution is -2.32. The molecule has 0 saturated carbocycles. The van der Waals surface area contributed by atoms with Crippen molar-refractivity contribution < 1.29 is 9.84 Å². The second-order valence-electron chi connectivity index (χ2n) is 3.84. The number of hydrogen-bond donors (Lipinski definition) is 3. The van der Waals surface area contributed by atoms with Gasteiger partial charge < -0.3 is 20.9 Å². The molecule has 90 valence electrons. The molecule has 1 heterocycles. The highest BCUT2D eigenvalue weighted by Gasteiger charge is 2.18. The van der Waals surface area contributed by atoms with Crippen molar-refractivity contribution in [3.05, 3.63) is 6.33 Å². The zero-order valence-corrected chi connectivity index (χ0v) is 9.82. The molecule has 0 aliphatic carbocycles. The van der Waals surface area contributed by atoms with E-state index in [0.717, 1.165) is 0 Å². The van der Waals surface area contributed by atoms with Crippen LogP contribution >= 0.6 is 0 Å². The Balaban J connectivity index is 2.78. The van der Waals surface area contributed by atoms with E-state index >= 15 is 0 Å². The lowest BCUT2D eigenvalue weighted by atomic mass is 10.0. The summed E-state index contributed by atoms with van der Waals surface area (Å²) in [5.41, 5.74) is 4.84. The van der Waals surface area contributed by atoms with E-state index < -0.39 is 5.60 Å². The van der Waals surface area contributed by atoms with Gasteiger partial charge in [0.2, 0.25) is 5.75 Å². The predicted molar refractivity (Wildman–Crippen MR) is 62.4 cm³/mol. The lowest BCUT2D eigenvalue weighted by Gasteiger charge is -2.22. The van der Waals surface area contributed by atoms with E-state index in [1.807, 2.05) is 6.92 Å². The molecule has 16 heavy (non-hydrogen) atoms.